The molecule has 4 aromatic rings. The third-order valence-corrected chi connectivity index (χ3v) is 4.81. The van der Waals surface area contributed by atoms with Gasteiger partial charge >= 0.3 is 6.36 Å². The molecule has 1 aromatic heterocycles. The molecular weight excluding hydrogens is 409 g/mol. The number of alkyl halides is 3. The van der Waals surface area contributed by atoms with Crippen molar-refractivity contribution in [2.45, 2.75) is 12.8 Å². The van der Waals surface area contributed by atoms with Gasteiger partial charge < -0.3 is 16.2 Å². The molecule has 0 aliphatic rings. The molecular formula is C22H17F3N4O2. The quantitative estimate of drug-likeness (QED) is 0.423. The van der Waals surface area contributed by atoms with Crippen molar-refractivity contribution in [1.82, 2.24) is 10.2 Å². The van der Waals surface area contributed by atoms with Crippen LogP contribution in [0, 0.1) is 0 Å². The van der Waals surface area contributed by atoms with Gasteiger partial charge in [0.15, 0.2) is 0 Å². The Kier molecular flexibility index (Phi) is 5.02. The second-order valence-electron chi connectivity index (χ2n) is 6.94. The van der Waals surface area contributed by atoms with Crippen LogP contribution in [0.4, 0.5) is 24.5 Å². The van der Waals surface area contributed by atoms with Gasteiger partial charge in [0.25, 0.3) is 5.56 Å². The first-order valence-electron chi connectivity index (χ1n) is 9.21. The summed E-state index contributed by atoms with van der Waals surface area (Å²) in [6.45, 7) is 0. The molecule has 4 rings (SSSR count). The van der Waals surface area contributed by atoms with Gasteiger partial charge in [-0.1, -0.05) is 30.3 Å². The van der Waals surface area contributed by atoms with E-state index in [0.29, 0.717) is 33.3 Å². The Morgan fingerprint density at radius 2 is 1.68 bits per heavy atom. The zero-order valence-corrected chi connectivity index (χ0v) is 16.0. The Labute approximate surface area is 174 Å². The number of H-pyrrole nitrogens is 1. The standard InChI is InChI=1S/C22H17F3N4O2/c23-22(24,25)31-20-8-5-12(9-16(20)13-6-7-17(26)18(27)11-13)10-19-14-3-1-2-4-15(14)21(30)29-28-19/h1-9,11H,10,26-27H2,(H,29,30). The average molecular weight is 426 g/mol. The smallest absolute Gasteiger partial charge is 0.405 e. The molecule has 1 heterocycles. The van der Waals surface area contributed by atoms with Crippen LogP contribution >= 0.6 is 0 Å². The summed E-state index contributed by atoms with van der Waals surface area (Å²) >= 11 is 0. The van der Waals surface area contributed by atoms with E-state index in [9.17, 15) is 18.0 Å². The average Bonchev–Trinajstić information content (AvgIpc) is 2.72. The van der Waals surface area contributed by atoms with Gasteiger partial charge in [0.2, 0.25) is 0 Å². The lowest BCUT2D eigenvalue weighted by molar-refractivity contribution is -0.274. The van der Waals surface area contributed by atoms with Gasteiger partial charge in [-0.3, -0.25) is 4.79 Å². The Bertz CT molecular complexity index is 1330. The highest BCUT2D eigenvalue weighted by Crippen LogP contribution is 2.37. The first-order valence-corrected chi connectivity index (χ1v) is 9.21. The van der Waals surface area contributed by atoms with Crippen molar-refractivity contribution in [3.63, 3.8) is 0 Å². The highest BCUT2D eigenvalue weighted by Gasteiger charge is 2.32. The molecule has 0 aliphatic heterocycles. The van der Waals surface area contributed by atoms with Gasteiger partial charge in [0.1, 0.15) is 5.75 Å². The molecule has 0 spiro atoms. The van der Waals surface area contributed by atoms with E-state index in [1.165, 1.54) is 24.3 Å². The summed E-state index contributed by atoms with van der Waals surface area (Å²) in [5.74, 6) is -0.361. The molecule has 0 atom stereocenters. The van der Waals surface area contributed by atoms with Crippen molar-refractivity contribution < 1.29 is 17.9 Å². The molecule has 6 nitrogen and oxygen atoms in total. The van der Waals surface area contributed by atoms with E-state index in [-0.39, 0.29) is 29.0 Å². The zero-order chi connectivity index (χ0) is 22.2. The number of nitrogens with one attached hydrogen (secondary N) is 1. The van der Waals surface area contributed by atoms with Crippen molar-refractivity contribution in [2.75, 3.05) is 11.5 Å². The lowest BCUT2D eigenvalue weighted by Crippen LogP contribution is -2.17. The van der Waals surface area contributed by atoms with Gasteiger partial charge in [0.05, 0.1) is 22.5 Å². The summed E-state index contributed by atoms with van der Waals surface area (Å²) in [5.41, 5.74) is 13.7. The normalized spacial score (nSPS) is 11.6. The molecule has 0 amide bonds. The summed E-state index contributed by atoms with van der Waals surface area (Å²) in [6, 6.07) is 15.9. The minimum atomic E-state index is -4.85. The first kappa shape index (κ1) is 20.3. The van der Waals surface area contributed by atoms with Gasteiger partial charge in [-0.2, -0.15) is 5.10 Å². The molecule has 0 fully saturated rings. The summed E-state index contributed by atoms with van der Waals surface area (Å²) in [4.78, 5) is 12.0. The van der Waals surface area contributed by atoms with E-state index in [1.54, 1.807) is 36.4 Å². The first-order chi connectivity index (χ1) is 14.7. The topological polar surface area (TPSA) is 107 Å². The minimum absolute atomic E-state index is 0.204. The molecule has 0 aliphatic carbocycles. The largest absolute Gasteiger partial charge is 0.573 e. The number of aromatic nitrogens is 2. The SMILES string of the molecule is Nc1ccc(-c2cc(Cc3n[nH]c(=O)c4ccccc34)ccc2OC(F)(F)F)cc1N. The van der Waals surface area contributed by atoms with Crippen molar-refractivity contribution in [2.24, 2.45) is 0 Å². The fourth-order valence-corrected chi connectivity index (χ4v) is 3.37. The van der Waals surface area contributed by atoms with Crippen LogP contribution in [-0.4, -0.2) is 16.6 Å². The van der Waals surface area contributed by atoms with Crippen LogP contribution in [-0.2, 0) is 6.42 Å². The molecule has 158 valence electrons. The zero-order valence-electron chi connectivity index (χ0n) is 16.0. The number of hydrogen-bond donors (Lipinski definition) is 3. The monoisotopic (exact) mass is 426 g/mol. The van der Waals surface area contributed by atoms with Crippen LogP contribution in [0.5, 0.6) is 5.75 Å². The number of nitrogen functional groups attached to an aromatic ring is 2. The Balaban J connectivity index is 1.81. The number of nitrogens with two attached hydrogens (primary N) is 2. The Morgan fingerprint density at radius 1 is 0.935 bits per heavy atom. The number of ether oxygens (including phenoxy) is 1. The third-order valence-electron chi connectivity index (χ3n) is 4.81. The van der Waals surface area contributed by atoms with Gasteiger partial charge in [0, 0.05) is 17.4 Å². The van der Waals surface area contributed by atoms with E-state index < -0.39 is 6.36 Å². The molecule has 0 bridgehead atoms. The van der Waals surface area contributed by atoms with Gasteiger partial charge in [-0.25, -0.2) is 5.10 Å². The van der Waals surface area contributed by atoms with E-state index >= 15 is 0 Å². The molecule has 0 unspecified atom stereocenters. The van der Waals surface area contributed by atoms with Crippen LogP contribution < -0.4 is 21.8 Å². The maximum Gasteiger partial charge on any atom is 0.573 e. The van der Waals surface area contributed by atoms with Crippen molar-refractivity contribution in [1.29, 1.82) is 0 Å². The lowest BCUT2D eigenvalue weighted by Gasteiger charge is -2.16. The summed E-state index contributed by atoms with van der Waals surface area (Å²) in [7, 11) is 0. The van der Waals surface area contributed by atoms with Gasteiger partial charge in [-0.05, 0) is 41.5 Å². The summed E-state index contributed by atoms with van der Waals surface area (Å²) in [6.07, 6.45) is -4.58. The van der Waals surface area contributed by atoms with E-state index in [0.717, 1.165) is 0 Å². The number of halogens is 3. The number of fused-ring (bicyclic) bond motifs is 1. The number of anilines is 2. The van der Waals surface area contributed by atoms with Crippen LogP contribution in [0.25, 0.3) is 21.9 Å². The molecule has 31 heavy (non-hydrogen) atoms. The molecule has 0 radical (unpaired) electrons. The second-order valence-corrected chi connectivity index (χ2v) is 6.94. The molecule has 9 heteroatoms. The predicted octanol–water partition coefficient (Wildman–Crippen LogP) is 4.24. The third kappa shape index (κ3) is 4.30. The van der Waals surface area contributed by atoms with E-state index in [4.69, 9.17) is 11.5 Å². The number of rotatable bonds is 4. The van der Waals surface area contributed by atoms with Crippen LogP contribution in [0.15, 0.2) is 65.5 Å². The number of hydrogen-bond acceptors (Lipinski definition) is 5. The number of aromatic amines is 1. The minimum Gasteiger partial charge on any atom is -0.405 e. The maximum atomic E-state index is 12.9. The maximum absolute atomic E-state index is 12.9. The van der Waals surface area contributed by atoms with Crippen LogP contribution in [0.2, 0.25) is 0 Å². The Morgan fingerprint density at radius 3 is 2.39 bits per heavy atom. The predicted molar refractivity (Wildman–Crippen MR) is 113 cm³/mol. The lowest BCUT2D eigenvalue weighted by atomic mass is 9.98. The fourth-order valence-electron chi connectivity index (χ4n) is 3.37. The Hall–Kier alpha value is -4.01. The van der Waals surface area contributed by atoms with Crippen LogP contribution in [0.1, 0.15) is 11.3 Å². The second kappa shape index (κ2) is 7.67. The van der Waals surface area contributed by atoms with Crippen molar-refractivity contribution in [3.05, 3.63) is 82.3 Å². The molecule has 5 N–H and O–H groups in total. The highest BCUT2D eigenvalue weighted by atomic mass is 19.4. The van der Waals surface area contributed by atoms with Crippen LogP contribution in [0.3, 0.4) is 0 Å². The van der Waals surface area contributed by atoms with Crippen molar-refractivity contribution in [3.8, 4) is 16.9 Å². The molecule has 3 aromatic carbocycles. The van der Waals surface area contributed by atoms with E-state index in [2.05, 4.69) is 14.9 Å². The number of nitrogens with zero attached hydrogens (tertiary/aromatic N) is 1. The van der Waals surface area contributed by atoms with Gasteiger partial charge in [-0.15, -0.1) is 13.2 Å². The summed E-state index contributed by atoms with van der Waals surface area (Å²) < 4.78 is 43.0. The number of benzene rings is 3. The van der Waals surface area contributed by atoms with E-state index in [1.807, 2.05) is 0 Å². The summed E-state index contributed by atoms with van der Waals surface area (Å²) in [5, 5.41) is 7.73. The molecule has 0 saturated carbocycles. The van der Waals surface area contributed by atoms with Crippen molar-refractivity contribution >= 4 is 22.1 Å². The molecule has 0 saturated heterocycles. The highest BCUT2D eigenvalue weighted by molar-refractivity contribution is 5.84. The fraction of sp³-hybridized carbons (Fsp3) is 0.0909.